The van der Waals surface area contributed by atoms with Gasteiger partial charge in [0.05, 0.1) is 5.84 Å². The van der Waals surface area contributed by atoms with E-state index in [2.05, 4.69) is 38.0 Å². The first-order valence-corrected chi connectivity index (χ1v) is 6.66. The van der Waals surface area contributed by atoms with Crippen molar-refractivity contribution < 1.29 is 0 Å². The molecule has 0 aromatic carbocycles. The highest BCUT2D eigenvalue weighted by molar-refractivity contribution is 5.83. The highest BCUT2D eigenvalue weighted by atomic mass is 15.0. The molecule has 0 aromatic heterocycles. The van der Waals surface area contributed by atoms with Crippen LogP contribution in [0.3, 0.4) is 0 Å². The first kappa shape index (κ1) is 11.9. The Bertz CT molecular complexity index is 273. The Morgan fingerprint density at radius 3 is 2.25 bits per heavy atom. The zero-order valence-electron chi connectivity index (χ0n) is 11.3. The van der Waals surface area contributed by atoms with Gasteiger partial charge in [-0.1, -0.05) is 27.7 Å². The van der Waals surface area contributed by atoms with E-state index in [9.17, 15) is 0 Å². The lowest BCUT2D eigenvalue weighted by Gasteiger charge is -2.45. The average molecular weight is 222 g/mol. The van der Waals surface area contributed by atoms with Crippen LogP contribution in [0.15, 0.2) is 4.99 Å². The maximum atomic E-state index is 4.53. The predicted octanol–water partition coefficient (Wildman–Crippen LogP) is 3.37. The normalized spacial score (nSPS) is 28.9. The second kappa shape index (κ2) is 4.05. The molecule has 0 atom stereocenters. The summed E-state index contributed by atoms with van der Waals surface area (Å²) >= 11 is 0. The molecule has 2 heteroatoms. The second-order valence-corrected chi connectivity index (χ2v) is 7.19. The van der Waals surface area contributed by atoms with Crippen molar-refractivity contribution in [1.82, 2.24) is 5.32 Å². The number of hydrogen-bond acceptors (Lipinski definition) is 2. The molecule has 2 nitrogen and oxygen atoms in total. The number of amidine groups is 1. The molecule has 1 N–H and O–H groups in total. The standard InChI is InChI=1S/C14H26N2/c1-13(2)8-11(9-14(3,4)10-13)16-12-6-5-7-15-12/h11H,5-10H2,1-4H3,(H,15,16). The molecule has 1 heterocycles. The maximum absolute atomic E-state index is 4.53. The number of hydrogen-bond donors (Lipinski definition) is 1. The van der Waals surface area contributed by atoms with Crippen LogP contribution < -0.4 is 5.32 Å². The van der Waals surface area contributed by atoms with Crippen LogP contribution in [0.2, 0.25) is 0 Å². The van der Waals surface area contributed by atoms with Crippen LogP contribution in [0, 0.1) is 10.8 Å². The summed E-state index contributed by atoms with van der Waals surface area (Å²) in [7, 11) is 0. The largest absolute Gasteiger partial charge is 0.371 e. The van der Waals surface area contributed by atoms with Crippen molar-refractivity contribution in [3.63, 3.8) is 0 Å². The predicted molar refractivity (Wildman–Crippen MR) is 69.9 cm³/mol. The Morgan fingerprint density at radius 2 is 1.75 bits per heavy atom. The van der Waals surface area contributed by atoms with E-state index in [4.69, 9.17) is 0 Å². The summed E-state index contributed by atoms with van der Waals surface area (Å²) < 4.78 is 0. The number of rotatable bonds is 1. The molecule has 2 rings (SSSR count). The smallest absolute Gasteiger partial charge is 0.0965 e. The quantitative estimate of drug-likeness (QED) is 0.722. The third-order valence-electron chi connectivity index (χ3n) is 3.80. The molecule has 1 aliphatic heterocycles. The fourth-order valence-electron chi connectivity index (χ4n) is 3.84. The van der Waals surface area contributed by atoms with E-state index in [1.54, 1.807) is 0 Å². The summed E-state index contributed by atoms with van der Waals surface area (Å²) in [6.45, 7) is 10.6. The second-order valence-electron chi connectivity index (χ2n) is 7.19. The van der Waals surface area contributed by atoms with Gasteiger partial charge in [-0.3, -0.25) is 4.99 Å². The van der Waals surface area contributed by atoms with Crippen molar-refractivity contribution in [3.05, 3.63) is 0 Å². The van der Waals surface area contributed by atoms with Crippen LogP contribution in [0.5, 0.6) is 0 Å². The molecule has 0 radical (unpaired) electrons. The van der Waals surface area contributed by atoms with E-state index in [0.717, 1.165) is 13.0 Å². The molecule has 16 heavy (non-hydrogen) atoms. The van der Waals surface area contributed by atoms with Crippen LogP contribution in [-0.4, -0.2) is 18.4 Å². The van der Waals surface area contributed by atoms with E-state index >= 15 is 0 Å². The van der Waals surface area contributed by atoms with Crippen molar-refractivity contribution in [2.45, 2.75) is 65.8 Å². The minimum absolute atomic E-state index is 0.471. The molecular formula is C14H26N2. The van der Waals surface area contributed by atoms with E-state index < -0.39 is 0 Å². The average Bonchev–Trinajstić information content (AvgIpc) is 2.49. The molecule has 0 bridgehead atoms. The number of nitrogens with zero attached hydrogens (tertiary/aromatic N) is 1. The van der Waals surface area contributed by atoms with Crippen molar-refractivity contribution in [2.75, 3.05) is 6.54 Å². The Labute approximate surface area is 99.9 Å². The Kier molecular flexibility index (Phi) is 3.02. The molecule has 1 fully saturated rings. The van der Waals surface area contributed by atoms with Crippen LogP contribution in [0.4, 0.5) is 0 Å². The summed E-state index contributed by atoms with van der Waals surface area (Å²) in [6, 6.07) is 0.635. The lowest BCUT2D eigenvalue weighted by Crippen LogP contribution is -2.45. The first-order chi connectivity index (χ1) is 7.36. The Hall–Kier alpha value is -0.530. The highest BCUT2D eigenvalue weighted by Gasteiger charge is 2.38. The zero-order chi connectivity index (χ0) is 11.8. The first-order valence-electron chi connectivity index (χ1n) is 6.66. The van der Waals surface area contributed by atoms with Gasteiger partial charge in [0.1, 0.15) is 0 Å². The molecule has 0 spiro atoms. The third-order valence-corrected chi connectivity index (χ3v) is 3.80. The van der Waals surface area contributed by atoms with Gasteiger partial charge in [-0.25, -0.2) is 0 Å². The molecule has 92 valence electrons. The van der Waals surface area contributed by atoms with Gasteiger partial charge in [0.2, 0.25) is 0 Å². The van der Waals surface area contributed by atoms with Crippen LogP contribution in [-0.2, 0) is 0 Å². The van der Waals surface area contributed by atoms with Gasteiger partial charge in [-0.2, -0.15) is 0 Å². The van der Waals surface area contributed by atoms with Gasteiger partial charge in [-0.05, 0) is 36.5 Å². The van der Waals surface area contributed by atoms with Gasteiger partial charge >= 0.3 is 0 Å². The molecule has 2 aliphatic rings. The molecular weight excluding hydrogens is 196 g/mol. The van der Waals surface area contributed by atoms with Crippen LogP contribution in [0.1, 0.15) is 59.8 Å². The lowest BCUT2D eigenvalue weighted by molar-refractivity contribution is 0.0921. The van der Waals surface area contributed by atoms with Gasteiger partial charge < -0.3 is 5.32 Å². The molecule has 0 saturated heterocycles. The summed E-state index contributed by atoms with van der Waals surface area (Å²) in [6.07, 6.45) is 6.31. The van der Waals surface area contributed by atoms with Crippen molar-refractivity contribution in [3.8, 4) is 0 Å². The van der Waals surface area contributed by atoms with Gasteiger partial charge in [0.25, 0.3) is 0 Å². The minimum Gasteiger partial charge on any atom is -0.371 e. The molecule has 1 aliphatic carbocycles. The summed E-state index contributed by atoms with van der Waals surface area (Å²) in [5.41, 5.74) is 0.942. The summed E-state index contributed by atoms with van der Waals surface area (Å²) in [5, 5.41) is 3.68. The number of aliphatic imine (C=N–C) groups is 1. The van der Waals surface area contributed by atoms with E-state index in [-0.39, 0.29) is 0 Å². The van der Waals surface area contributed by atoms with Crippen molar-refractivity contribution in [2.24, 2.45) is 15.8 Å². The maximum Gasteiger partial charge on any atom is 0.0965 e. The Balaban J connectivity index is 1.99. The molecule has 1 saturated carbocycles. The Morgan fingerprint density at radius 1 is 1.12 bits per heavy atom. The fraction of sp³-hybridized carbons (Fsp3) is 0.929. The van der Waals surface area contributed by atoms with Crippen LogP contribution in [0.25, 0.3) is 0 Å². The SMILES string of the molecule is CC1(C)CC(NC2=NCCC2)CC(C)(C)C1. The van der Waals surface area contributed by atoms with Gasteiger partial charge in [0, 0.05) is 19.0 Å². The lowest BCUT2D eigenvalue weighted by atomic mass is 9.63. The third kappa shape index (κ3) is 2.99. The molecule has 0 unspecified atom stereocenters. The van der Waals surface area contributed by atoms with Gasteiger partial charge in [0.15, 0.2) is 0 Å². The number of nitrogens with one attached hydrogen (secondary N) is 1. The van der Waals surface area contributed by atoms with Crippen molar-refractivity contribution >= 4 is 5.84 Å². The fourth-order valence-corrected chi connectivity index (χ4v) is 3.84. The topological polar surface area (TPSA) is 24.4 Å². The summed E-state index contributed by atoms with van der Waals surface area (Å²) in [4.78, 5) is 4.53. The van der Waals surface area contributed by atoms with E-state index in [1.807, 2.05) is 0 Å². The van der Waals surface area contributed by atoms with E-state index in [0.29, 0.717) is 16.9 Å². The molecule has 0 amide bonds. The zero-order valence-corrected chi connectivity index (χ0v) is 11.3. The van der Waals surface area contributed by atoms with Crippen molar-refractivity contribution in [1.29, 1.82) is 0 Å². The molecule has 0 aromatic rings. The van der Waals surface area contributed by atoms with E-state index in [1.165, 1.54) is 31.5 Å². The minimum atomic E-state index is 0.471. The monoisotopic (exact) mass is 222 g/mol. The van der Waals surface area contributed by atoms with Crippen LogP contribution >= 0.6 is 0 Å². The van der Waals surface area contributed by atoms with Gasteiger partial charge in [-0.15, -0.1) is 0 Å². The summed E-state index contributed by atoms with van der Waals surface area (Å²) in [5.74, 6) is 1.26. The highest BCUT2D eigenvalue weighted by Crippen LogP contribution is 2.45.